The van der Waals surface area contributed by atoms with E-state index in [9.17, 15) is 9.90 Å². The van der Waals surface area contributed by atoms with Crippen LogP contribution in [0.4, 0.5) is 0 Å². The van der Waals surface area contributed by atoms with E-state index in [-0.39, 0.29) is 11.3 Å². The first-order valence-corrected chi connectivity index (χ1v) is 6.54. The fourth-order valence-corrected chi connectivity index (χ4v) is 2.34. The lowest BCUT2D eigenvalue weighted by Crippen LogP contribution is -2.03. The first kappa shape index (κ1) is 13.0. The highest BCUT2D eigenvalue weighted by atomic mass is 35.5. The van der Waals surface area contributed by atoms with Crippen LogP contribution in [0, 0.1) is 0 Å². The Kier molecular flexibility index (Phi) is 3.16. The third-order valence-corrected chi connectivity index (χ3v) is 3.73. The Labute approximate surface area is 124 Å². The minimum atomic E-state index is -0.625. The molecule has 5 heteroatoms. The van der Waals surface area contributed by atoms with Crippen LogP contribution < -0.4 is 5.63 Å². The van der Waals surface area contributed by atoms with E-state index in [4.69, 9.17) is 27.6 Å². The van der Waals surface area contributed by atoms with Crippen LogP contribution >= 0.6 is 23.2 Å². The van der Waals surface area contributed by atoms with Crippen molar-refractivity contribution in [1.29, 1.82) is 0 Å². The SMILES string of the molecule is O=c1oc2ccccc2c(O)c1-c1ccc(Cl)c(Cl)c1. The quantitative estimate of drug-likeness (QED) is 0.675. The van der Waals surface area contributed by atoms with E-state index in [2.05, 4.69) is 0 Å². The molecule has 0 amide bonds. The van der Waals surface area contributed by atoms with Crippen molar-refractivity contribution in [3.05, 3.63) is 62.9 Å². The van der Waals surface area contributed by atoms with Crippen molar-refractivity contribution in [2.45, 2.75) is 0 Å². The van der Waals surface area contributed by atoms with Gasteiger partial charge in [0, 0.05) is 0 Å². The molecule has 3 nitrogen and oxygen atoms in total. The molecule has 0 aliphatic rings. The average molecular weight is 307 g/mol. The summed E-state index contributed by atoms with van der Waals surface area (Å²) in [6.07, 6.45) is 0. The summed E-state index contributed by atoms with van der Waals surface area (Å²) in [6, 6.07) is 11.5. The number of fused-ring (bicyclic) bond motifs is 1. The van der Waals surface area contributed by atoms with Gasteiger partial charge < -0.3 is 9.52 Å². The van der Waals surface area contributed by atoms with Crippen molar-refractivity contribution in [3.8, 4) is 16.9 Å². The summed E-state index contributed by atoms with van der Waals surface area (Å²) in [7, 11) is 0. The molecule has 0 saturated heterocycles. The molecule has 0 aliphatic heterocycles. The molecule has 0 atom stereocenters. The molecule has 0 aliphatic carbocycles. The lowest BCUT2D eigenvalue weighted by Gasteiger charge is -2.07. The van der Waals surface area contributed by atoms with E-state index < -0.39 is 5.63 Å². The highest BCUT2D eigenvalue weighted by molar-refractivity contribution is 6.42. The molecule has 3 rings (SSSR count). The maximum absolute atomic E-state index is 12.0. The molecule has 0 unspecified atom stereocenters. The highest BCUT2D eigenvalue weighted by Crippen LogP contribution is 2.35. The molecular weight excluding hydrogens is 299 g/mol. The van der Waals surface area contributed by atoms with Gasteiger partial charge >= 0.3 is 5.63 Å². The largest absolute Gasteiger partial charge is 0.506 e. The molecule has 0 spiro atoms. The van der Waals surface area contributed by atoms with E-state index in [0.29, 0.717) is 26.6 Å². The predicted octanol–water partition coefficient (Wildman–Crippen LogP) is 4.47. The molecule has 1 aromatic heterocycles. The number of para-hydroxylation sites is 1. The number of halogens is 2. The summed E-state index contributed by atoms with van der Waals surface area (Å²) in [5.74, 6) is -0.129. The summed E-state index contributed by atoms with van der Waals surface area (Å²) in [5, 5.41) is 11.5. The summed E-state index contributed by atoms with van der Waals surface area (Å²) in [4.78, 5) is 12.0. The normalized spacial score (nSPS) is 10.9. The van der Waals surface area contributed by atoms with Gasteiger partial charge in [-0.3, -0.25) is 0 Å². The Hall–Kier alpha value is -1.97. The van der Waals surface area contributed by atoms with Crippen LogP contribution in [0.5, 0.6) is 5.75 Å². The molecule has 0 saturated carbocycles. The third kappa shape index (κ3) is 2.05. The zero-order valence-electron chi connectivity index (χ0n) is 10.1. The van der Waals surface area contributed by atoms with Crippen LogP contribution in [0.3, 0.4) is 0 Å². The molecule has 0 bridgehead atoms. The molecule has 3 aromatic rings. The van der Waals surface area contributed by atoms with Crippen molar-refractivity contribution >= 4 is 34.2 Å². The zero-order chi connectivity index (χ0) is 14.3. The van der Waals surface area contributed by atoms with Crippen molar-refractivity contribution in [3.63, 3.8) is 0 Å². The first-order valence-electron chi connectivity index (χ1n) is 5.78. The molecule has 0 fully saturated rings. The number of benzene rings is 2. The van der Waals surface area contributed by atoms with Gasteiger partial charge in [0.05, 0.1) is 15.4 Å². The summed E-state index contributed by atoms with van der Waals surface area (Å²) in [5.41, 5.74) is 0.233. The van der Waals surface area contributed by atoms with Gasteiger partial charge in [-0.15, -0.1) is 0 Å². The summed E-state index contributed by atoms with van der Waals surface area (Å²) < 4.78 is 5.21. The Morgan fingerprint density at radius 3 is 2.50 bits per heavy atom. The van der Waals surface area contributed by atoms with Crippen LogP contribution in [0.1, 0.15) is 0 Å². The maximum atomic E-state index is 12.0. The smallest absolute Gasteiger partial charge is 0.347 e. The zero-order valence-corrected chi connectivity index (χ0v) is 11.6. The van der Waals surface area contributed by atoms with Crippen LogP contribution in [0.25, 0.3) is 22.1 Å². The van der Waals surface area contributed by atoms with Gasteiger partial charge in [0.2, 0.25) is 0 Å². The van der Waals surface area contributed by atoms with Crippen molar-refractivity contribution in [1.82, 2.24) is 0 Å². The van der Waals surface area contributed by atoms with Gasteiger partial charge in [-0.05, 0) is 29.8 Å². The Bertz CT molecular complexity index is 869. The number of aromatic hydroxyl groups is 1. The molecule has 1 heterocycles. The Morgan fingerprint density at radius 1 is 1.00 bits per heavy atom. The summed E-state index contributed by atoms with van der Waals surface area (Å²) in [6.45, 7) is 0. The van der Waals surface area contributed by atoms with Crippen molar-refractivity contribution in [2.75, 3.05) is 0 Å². The minimum Gasteiger partial charge on any atom is -0.506 e. The topological polar surface area (TPSA) is 50.4 Å². The number of hydrogen-bond donors (Lipinski definition) is 1. The molecule has 20 heavy (non-hydrogen) atoms. The molecule has 1 N–H and O–H groups in total. The van der Waals surface area contributed by atoms with Gasteiger partial charge in [0.25, 0.3) is 0 Å². The molecule has 0 radical (unpaired) electrons. The lowest BCUT2D eigenvalue weighted by atomic mass is 10.0. The predicted molar refractivity (Wildman–Crippen MR) is 79.6 cm³/mol. The van der Waals surface area contributed by atoms with E-state index in [1.54, 1.807) is 36.4 Å². The molecular formula is C15H8Cl2O3. The second kappa shape index (κ2) is 4.85. The van der Waals surface area contributed by atoms with Crippen LogP contribution in [-0.2, 0) is 0 Å². The fourth-order valence-electron chi connectivity index (χ4n) is 2.04. The van der Waals surface area contributed by atoms with Crippen LogP contribution in [0.2, 0.25) is 10.0 Å². The van der Waals surface area contributed by atoms with Gasteiger partial charge in [0.1, 0.15) is 16.9 Å². The maximum Gasteiger partial charge on any atom is 0.347 e. The van der Waals surface area contributed by atoms with Crippen LogP contribution in [0.15, 0.2) is 51.7 Å². The standard InChI is InChI=1S/C15H8Cl2O3/c16-10-6-5-8(7-11(10)17)13-14(18)9-3-1-2-4-12(9)20-15(13)19/h1-7,18H. The number of rotatable bonds is 1. The fraction of sp³-hybridized carbons (Fsp3) is 0. The van der Waals surface area contributed by atoms with E-state index in [1.807, 2.05) is 0 Å². The first-order chi connectivity index (χ1) is 9.58. The van der Waals surface area contributed by atoms with E-state index >= 15 is 0 Å². The van der Waals surface area contributed by atoms with E-state index in [1.165, 1.54) is 6.07 Å². The minimum absolute atomic E-state index is 0.0715. The summed E-state index contributed by atoms with van der Waals surface area (Å²) >= 11 is 11.8. The Balaban J connectivity index is 2.36. The average Bonchev–Trinajstić information content (AvgIpc) is 2.43. The molecule has 100 valence electrons. The van der Waals surface area contributed by atoms with Crippen LogP contribution in [-0.4, -0.2) is 5.11 Å². The van der Waals surface area contributed by atoms with Gasteiger partial charge in [-0.25, -0.2) is 4.79 Å². The second-order valence-corrected chi connectivity index (χ2v) is 5.05. The van der Waals surface area contributed by atoms with Gasteiger partial charge in [-0.2, -0.15) is 0 Å². The lowest BCUT2D eigenvalue weighted by molar-refractivity contribution is 0.471. The van der Waals surface area contributed by atoms with Gasteiger partial charge in [0.15, 0.2) is 0 Å². The van der Waals surface area contributed by atoms with Gasteiger partial charge in [-0.1, -0.05) is 41.4 Å². The number of hydrogen-bond acceptors (Lipinski definition) is 3. The highest BCUT2D eigenvalue weighted by Gasteiger charge is 2.16. The Morgan fingerprint density at radius 2 is 1.75 bits per heavy atom. The second-order valence-electron chi connectivity index (χ2n) is 4.24. The van der Waals surface area contributed by atoms with E-state index in [0.717, 1.165) is 0 Å². The third-order valence-electron chi connectivity index (χ3n) is 2.99. The van der Waals surface area contributed by atoms with Crippen molar-refractivity contribution < 1.29 is 9.52 Å². The van der Waals surface area contributed by atoms with Crippen molar-refractivity contribution in [2.24, 2.45) is 0 Å². The molecule has 2 aromatic carbocycles. The monoisotopic (exact) mass is 306 g/mol.